The summed E-state index contributed by atoms with van der Waals surface area (Å²) in [4.78, 5) is 32.4. The first-order valence-electron chi connectivity index (χ1n) is 37.5. The van der Waals surface area contributed by atoms with Crippen LogP contribution < -0.4 is 26.6 Å². The molecule has 14 heteroatoms. The van der Waals surface area contributed by atoms with Crippen molar-refractivity contribution in [2.24, 2.45) is 75.9 Å². The maximum atomic E-state index is 16.7. The van der Waals surface area contributed by atoms with Crippen LogP contribution in [0.25, 0.3) is 16.7 Å². The number of cyclic esters (lactones) is 1. The number of nitrogens with one attached hydrogen (secondary N) is 5. The Morgan fingerprint density at radius 1 is 0.837 bits per heavy atom. The number of esters is 1. The summed E-state index contributed by atoms with van der Waals surface area (Å²) < 4.78 is 13.7. The van der Waals surface area contributed by atoms with Crippen molar-refractivity contribution in [3.05, 3.63) is 171 Å². The molecule has 5 aromatic rings. The highest BCUT2D eigenvalue weighted by atomic mass is 16.5. The molecule has 1 aromatic heterocycles. The molecule has 14 nitrogen and oxygen atoms in total. The van der Waals surface area contributed by atoms with E-state index in [-0.39, 0.29) is 120 Å². The van der Waals surface area contributed by atoms with Crippen molar-refractivity contribution < 1.29 is 44.3 Å². The van der Waals surface area contributed by atoms with Crippen molar-refractivity contribution in [2.75, 3.05) is 39.8 Å². The molecule has 18 bridgehead atoms. The van der Waals surface area contributed by atoms with Gasteiger partial charge in [-0.15, -0.1) is 0 Å². The molecule has 4 aromatic carbocycles. The van der Waals surface area contributed by atoms with Crippen LogP contribution in [0.1, 0.15) is 177 Å². The summed E-state index contributed by atoms with van der Waals surface area (Å²) in [6.45, 7) is 8.02. The van der Waals surface area contributed by atoms with Crippen molar-refractivity contribution in [3.63, 3.8) is 0 Å². The number of aliphatic hydroxyl groups excluding tert-OH is 1. The second-order valence-electron chi connectivity index (χ2n) is 32.2. The van der Waals surface area contributed by atoms with Gasteiger partial charge < -0.3 is 61.3 Å². The van der Waals surface area contributed by atoms with Gasteiger partial charge in [0.05, 0.1) is 34.3 Å². The topological polar surface area (TPSA) is 218 Å². The maximum absolute atomic E-state index is 16.7. The van der Waals surface area contributed by atoms with E-state index in [1.807, 2.05) is 44.3 Å². The van der Waals surface area contributed by atoms with Gasteiger partial charge in [-0.2, -0.15) is 0 Å². The lowest BCUT2D eigenvalue weighted by molar-refractivity contribution is -0.174. The number of fused-ring (bicyclic) bond motifs is 7. The summed E-state index contributed by atoms with van der Waals surface area (Å²) in [6.07, 6.45) is 19.5. The van der Waals surface area contributed by atoms with Gasteiger partial charge in [-0.05, 0) is 263 Å². The van der Waals surface area contributed by atoms with Gasteiger partial charge in [0, 0.05) is 68.1 Å². The number of furan rings is 1. The predicted molar refractivity (Wildman–Crippen MR) is 379 cm³/mol. The van der Waals surface area contributed by atoms with Crippen LogP contribution >= 0.6 is 0 Å². The van der Waals surface area contributed by atoms with E-state index in [0.29, 0.717) is 81.6 Å². The number of β-amino-alcohol motifs (C(OH)–C–C–N with tert-alkyl or cyclic N) is 1. The number of piperidine rings is 1. The summed E-state index contributed by atoms with van der Waals surface area (Å²) in [5.74, 6) is 6.42. The largest absolute Gasteiger partial charge is 0.508 e. The number of allylic oxidation sites excluding steroid dienone is 4. The van der Waals surface area contributed by atoms with Crippen molar-refractivity contribution in [3.8, 4) is 34.7 Å². The summed E-state index contributed by atoms with van der Waals surface area (Å²) in [5.41, 5.74) is 7.29. The average Bonchev–Trinajstić information content (AvgIpc) is 1.35. The van der Waals surface area contributed by atoms with E-state index >= 15 is 9.59 Å². The number of Topliss-reactive ketones (excluding diaryl/α,β-unsaturated/α-hetero) is 1. The smallest absolute Gasteiger partial charge is 0.340 e. The van der Waals surface area contributed by atoms with Crippen LogP contribution in [0.15, 0.2) is 125 Å². The molecule has 0 radical (unpaired) electrons. The van der Waals surface area contributed by atoms with Gasteiger partial charge in [-0.3, -0.25) is 4.79 Å². The Morgan fingerprint density at radius 3 is 2.55 bits per heavy atom. The molecule has 8 aliphatic carbocycles. The molecule has 10 N–H and O–H groups in total. The van der Waals surface area contributed by atoms with Crippen molar-refractivity contribution in [1.82, 2.24) is 26.6 Å². The number of ketones is 1. The lowest BCUT2D eigenvalue weighted by Gasteiger charge is -2.60. The first-order chi connectivity index (χ1) is 47.6. The zero-order valence-electron chi connectivity index (χ0n) is 57.5. The van der Waals surface area contributed by atoms with Gasteiger partial charge in [0.15, 0.2) is 11.5 Å². The van der Waals surface area contributed by atoms with E-state index in [1.54, 1.807) is 6.07 Å². The fourth-order valence-electron chi connectivity index (χ4n) is 22.5. The standard InChI is InChI=1S/C84H101N5O9/c1-4-30-86-47-53-35-50-25-31-87-46-52-13-8-14-54(37-52)60-21-20-59(91)42-65(60)73-61-24-29-83(71(97-80(94)76(73)83)39-51(27-33-90)34-49-11-6-5-7-12-49)75-62(61)22-23-63-74(75)79(93)98-78(63)70(92)45-82(58-26-32-88-72(41-58)85-3)43-66-64-40-55-18-19-57-15-9-16-68(55)84(57,96)69(64)17-10-28-81(2,95)48-89-77(67(66)44-82)56(36-50)38-53/h5-8,11-14,18-21,35-39,42,51,55,57-58,61-62,64,66-69,72,75,77,85-91,93,95-96H,4,9,15-16,22-34,40-41,43-48H2,1-3H3. The summed E-state index contributed by atoms with van der Waals surface area (Å²) in [7, 11) is 2.02. The van der Waals surface area contributed by atoms with E-state index in [4.69, 9.17) is 9.15 Å². The van der Waals surface area contributed by atoms with E-state index in [1.165, 1.54) is 16.7 Å². The minimum absolute atomic E-state index is 0.0106. The van der Waals surface area contributed by atoms with Crippen LogP contribution in [0.3, 0.4) is 0 Å². The average molecular weight is 1320 g/mol. The minimum Gasteiger partial charge on any atom is -0.508 e. The number of carbonyl (C=O) groups is 2. The molecule has 98 heavy (non-hydrogen) atoms. The molecular weight excluding hydrogens is 1220 g/mol. The molecule has 516 valence electrons. The van der Waals surface area contributed by atoms with Crippen LogP contribution in [0.4, 0.5) is 0 Å². The number of aliphatic hydroxyl groups is 3. The number of aromatic hydroxyl groups is 2. The third kappa shape index (κ3) is 11.4. The first-order valence-corrected chi connectivity index (χ1v) is 37.5. The highest BCUT2D eigenvalue weighted by molar-refractivity contribution is 6.07. The Morgan fingerprint density at radius 2 is 1.70 bits per heavy atom. The molecule has 1 spiro atoms. The van der Waals surface area contributed by atoms with Gasteiger partial charge in [0.1, 0.15) is 11.5 Å². The zero-order chi connectivity index (χ0) is 67.2. The maximum Gasteiger partial charge on any atom is 0.340 e. The third-order valence-electron chi connectivity index (χ3n) is 26.6. The summed E-state index contributed by atoms with van der Waals surface area (Å²) >= 11 is 0. The molecule has 4 saturated carbocycles. The van der Waals surface area contributed by atoms with Crippen LogP contribution in [0.2, 0.25) is 0 Å². The van der Waals surface area contributed by atoms with Crippen LogP contribution in [0, 0.1) is 87.8 Å². The van der Waals surface area contributed by atoms with Gasteiger partial charge in [-0.25, -0.2) is 4.79 Å². The van der Waals surface area contributed by atoms with Gasteiger partial charge in [0.2, 0.25) is 0 Å². The summed E-state index contributed by atoms with van der Waals surface area (Å²) in [6, 6.07) is 31.3. The molecule has 2 saturated heterocycles. The van der Waals surface area contributed by atoms with Crippen molar-refractivity contribution in [2.45, 2.75) is 172 Å². The third-order valence-corrected chi connectivity index (χ3v) is 26.6. The Labute approximate surface area is 578 Å². The molecule has 6 fully saturated rings. The number of phenolic OH excluding ortho intramolecular Hbond substituents is 1. The quantitative estimate of drug-likeness (QED) is 0.0258. The zero-order valence-corrected chi connectivity index (χ0v) is 57.5. The van der Waals surface area contributed by atoms with Gasteiger partial charge in [-0.1, -0.05) is 110 Å². The summed E-state index contributed by atoms with van der Waals surface area (Å²) in [5, 5.41) is 81.0. The normalized spacial score (nSPS) is 36.1. The number of hydrogen-bond acceptors (Lipinski definition) is 14. The molecular formula is C84H101N5O9. The molecule has 5 aliphatic heterocycles. The van der Waals surface area contributed by atoms with Crippen molar-refractivity contribution in [1.29, 1.82) is 0 Å². The molecule has 18 atom stereocenters. The Balaban J connectivity index is 0.896. The fourth-order valence-corrected chi connectivity index (χ4v) is 22.5. The molecule has 18 unspecified atom stereocenters. The predicted octanol–water partition coefficient (Wildman–Crippen LogP) is 12.3. The molecule has 18 rings (SSSR count). The number of benzene rings is 4. The lowest BCUT2D eigenvalue weighted by atomic mass is 9.44. The van der Waals surface area contributed by atoms with E-state index in [9.17, 15) is 25.5 Å². The van der Waals surface area contributed by atoms with Crippen LogP contribution in [-0.2, 0) is 41.9 Å². The minimum atomic E-state index is -1.19. The number of carbonyl (C=O) groups excluding carboxylic acids is 2. The van der Waals surface area contributed by atoms with Crippen LogP contribution in [-0.4, -0.2) is 94.5 Å². The second-order valence-corrected chi connectivity index (χ2v) is 32.2. The van der Waals surface area contributed by atoms with Gasteiger partial charge >= 0.3 is 5.97 Å². The van der Waals surface area contributed by atoms with E-state index in [0.717, 1.165) is 116 Å². The molecule has 0 amide bonds. The Hall–Kier alpha value is -6.64. The second kappa shape index (κ2) is 26.4. The van der Waals surface area contributed by atoms with Crippen LogP contribution in [0.5, 0.6) is 11.7 Å². The number of hydrogen-bond donors (Lipinski definition) is 10. The Kier molecular flexibility index (Phi) is 17.8. The van der Waals surface area contributed by atoms with Gasteiger partial charge in [0.25, 0.3) is 5.95 Å². The Bertz CT molecular complexity index is 4050. The number of ether oxygens (including phenoxy) is 1. The number of phenols is 1. The molecule has 13 aliphatic rings. The fraction of sp³-hybridized carbons (Fsp3) is 0.548. The first kappa shape index (κ1) is 65.9. The van der Waals surface area contributed by atoms with Crippen molar-refractivity contribution >= 4 is 17.3 Å². The number of rotatable bonds is 11. The van der Waals surface area contributed by atoms with E-state index < -0.39 is 33.9 Å². The monoisotopic (exact) mass is 1320 g/mol. The van der Waals surface area contributed by atoms with E-state index in [2.05, 4.69) is 118 Å². The highest BCUT2D eigenvalue weighted by Crippen LogP contribution is 2.74. The highest BCUT2D eigenvalue weighted by Gasteiger charge is 2.69. The molecule has 6 heterocycles. The lowest BCUT2D eigenvalue weighted by Crippen LogP contribution is -2.62. The SMILES string of the molecule is CCCNCc1cc2cc(c1)C1NCC(C)(O)CC#CC3C(CC4C=CC5CCCC4C53O)C3CC(C4CCNC(NC)C4)(CC(=O)c4oc(O)c5c4CCC4C6CCC7(C(=CC(CCO)Cc8ccccc8)OC(=O)C7=C6c6cc(O)ccc6-c6cccc(c6)CNCC2)C54)CC13.